The fraction of sp³-hybridized carbons (Fsp3) is 0.704. The van der Waals surface area contributed by atoms with Gasteiger partial charge in [-0.05, 0) is 49.5 Å². The average molecular weight is 573 g/mol. The first kappa shape index (κ1) is 25.9. The Kier molecular flexibility index (Phi) is 5.77. The van der Waals surface area contributed by atoms with E-state index in [4.69, 9.17) is 0 Å². The molecule has 0 aromatic carbocycles. The molecule has 12 heteroatoms. The molecule has 2 aromatic heterocycles. The zero-order chi connectivity index (χ0) is 27.3. The fourth-order valence-corrected chi connectivity index (χ4v) is 8.63. The Balaban J connectivity index is 1.03. The van der Waals surface area contributed by atoms with Gasteiger partial charge >= 0.3 is 12.4 Å². The summed E-state index contributed by atoms with van der Waals surface area (Å²) in [6.07, 6.45) is -2.38. The van der Waals surface area contributed by atoms with Crippen molar-refractivity contribution in [3.63, 3.8) is 0 Å². The number of aromatic nitrogens is 1. The number of carbonyl (C=O) groups is 1. The highest BCUT2D eigenvalue weighted by atomic mass is 32.1. The number of hydrogen-bond donors (Lipinski definition) is 1. The van der Waals surface area contributed by atoms with Gasteiger partial charge in [0.05, 0.1) is 23.7 Å². The predicted octanol–water partition coefficient (Wildman–Crippen LogP) is 5.63. The monoisotopic (exact) mass is 572 g/mol. The molecule has 1 N–H and O–H groups in total. The van der Waals surface area contributed by atoms with Crippen molar-refractivity contribution < 1.29 is 31.1 Å². The standard InChI is InChI=1S/C27H30F6N4OS/c28-26(29,30)8-17-7-18-22(19(27(31,32)33)9-34-23(18)39-17)36-10-25(11-36)12-37(13-25)24(38)21-15-3-4-20(35-21)16(6-15)5-14-1-2-14/h7,9,14-16,20-21,35H,1-6,8,10-13H2. The zero-order valence-corrected chi connectivity index (χ0v) is 22.1. The van der Waals surface area contributed by atoms with Gasteiger partial charge in [0, 0.05) is 54.1 Å². The normalized spacial score (nSPS) is 30.1. The number of halogens is 6. The molecule has 2 aliphatic carbocycles. The first-order valence-electron chi connectivity index (χ1n) is 13.7. The number of fused-ring (bicyclic) bond motifs is 4. The summed E-state index contributed by atoms with van der Waals surface area (Å²) in [5.74, 6) is 1.99. The Bertz CT molecular complexity index is 1290. The molecule has 2 saturated carbocycles. The molecule has 2 aromatic rings. The van der Waals surface area contributed by atoms with Crippen molar-refractivity contribution in [2.24, 2.45) is 23.2 Å². The van der Waals surface area contributed by atoms with Gasteiger partial charge < -0.3 is 15.1 Å². The van der Waals surface area contributed by atoms with E-state index in [-0.39, 0.29) is 38.1 Å². The highest BCUT2D eigenvalue weighted by Gasteiger charge is 2.57. The van der Waals surface area contributed by atoms with Crippen molar-refractivity contribution in [1.29, 1.82) is 0 Å². The molecule has 5 nitrogen and oxygen atoms in total. The number of nitrogens with one attached hydrogen (secondary N) is 1. The Morgan fingerprint density at radius 1 is 1.08 bits per heavy atom. The molecule has 6 heterocycles. The maximum absolute atomic E-state index is 13.9. The lowest BCUT2D eigenvalue weighted by Crippen LogP contribution is -2.75. The second-order valence-electron chi connectivity index (χ2n) is 12.6. The van der Waals surface area contributed by atoms with Crippen LogP contribution < -0.4 is 10.2 Å². The van der Waals surface area contributed by atoms with E-state index in [1.807, 2.05) is 4.90 Å². The Morgan fingerprint density at radius 2 is 1.82 bits per heavy atom. The van der Waals surface area contributed by atoms with E-state index in [2.05, 4.69) is 10.3 Å². The number of rotatable bonds is 5. The van der Waals surface area contributed by atoms with Gasteiger partial charge in [-0.15, -0.1) is 11.3 Å². The summed E-state index contributed by atoms with van der Waals surface area (Å²) in [7, 11) is 0. The third kappa shape index (κ3) is 4.69. The number of nitrogens with zero attached hydrogens (tertiary/aromatic N) is 3. The number of alkyl halides is 6. The van der Waals surface area contributed by atoms with Gasteiger partial charge in [0.1, 0.15) is 4.83 Å². The highest BCUT2D eigenvalue weighted by Crippen LogP contribution is 2.50. The molecule has 0 radical (unpaired) electrons. The number of thiophene rings is 1. The number of amides is 1. The number of likely N-dealkylation sites (tertiary alicyclic amines) is 1. The van der Waals surface area contributed by atoms with Crippen molar-refractivity contribution in [2.45, 2.75) is 69.4 Å². The van der Waals surface area contributed by atoms with Crippen molar-refractivity contribution >= 4 is 33.1 Å². The zero-order valence-electron chi connectivity index (χ0n) is 21.2. The highest BCUT2D eigenvalue weighted by molar-refractivity contribution is 7.18. The van der Waals surface area contributed by atoms with Crippen LogP contribution in [0.3, 0.4) is 0 Å². The van der Waals surface area contributed by atoms with Crippen LogP contribution in [0.15, 0.2) is 12.3 Å². The smallest absolute Gasteiger partial charge is 0.369 e. The van der Waals surface area contributed by atoms with E-state index in [0.29, 0.717) is 44.1 Å². The van der Waals surface area contributed by atoms with Crippen LogP contribution in [-0.4, -0.2) is 60.2 Å². The minimum Gasteiger partial charge on any atom is -0.369 e. The van der Waals surface area contributed by atoms with Crippen molar-refractivity contribution in [2.75, 3.05) is 31.1 Å². The van der Waals surface area contributed by atoms with Gasteiger partial charge in [0.25, 0.3) is 0 Å². The summed E-state index contributed by atoms with van der Waals surface area (Å²) in [6.45, 7) is 1.66. The van der Waals surface area contributed by atoms with Crippen molar-refractivity contribution in [3.05, 3.63) is 22.7 Å². The third-order valence-corrected chi connectivity index (χ3v) is 10.5. The predicted molar refractivity (Wildman–Crippen MR) is 134 cm³/mol. The lowest BCUT2D eigenvalue weighted by atomic mass is 9.67. The van der Waals surface area contributed by atoms with Crippen LogP contribution in [0, 0.1) is 23.2 Å². The van der Waals surface area contributed by atoms with E-state index >= 15 is 0 Å². The van der Waals surface area contributed by atoms with Crippen LogP contribution in [-0.2, 0) is 17.4 Å². The van der Waals surface area contributed by atoms with E-state index in [0.717, 1.165) is 42.7 Å². The van der Waals surface area contributed by atoms with Crippen LogP contribution in [0.5, 0.6) is 0 Å². The minimum atomic E-state index is -4.68. The minimum absolute atomic E-state index is 0.0603. The van der Waals surface area contributed by atoms with Gasteiger partial charge in [-0.25, -0.2) is 4.98 Å². The molecule has 4 aliphatic heterocycles. The Labute approximate surface area is 225 Å². The number of hydrogen-bond acceptors (Lipinski definition) is 5. The van der Waals surface area contributed by atoms with E-state index in [1.54, 1.807) is 4.90 Å². The average Bonchev–Trinajstić information content (AvgIpc) is 3.52. The lowest BCUT2D eigenvalue weighted by Gasteiger charge is -2.62. The second kappa shape index (κ2) is 8.71. The first-order valence-corrected chi connectivity index (χ1v) is 14.5. The molecular weight excluding hydrogens is 542 g/mol. The SMILES string of the molecule is O=C(C1NC2CCC1CC2CC1CC1)N1CC2(C1)CN(c1c(C(F)(F)F)cnc3sc(CC(F)(F)F)cc13)C2. The van der Waals surface area contributed by atoms with Gasteiger partial charge in [-0.2, -0.15) is 26.3 Å². The Morgan fingerprint density at radius 3 is 2.44 bits per heavy atom. The van der Waals surface area contributed by atoms with Crippen LogP contribution in [0.2, 0.25) is 0 Å². The molecule has 2 bridgehead atoms. The van der Waals surface area contributed by atoms with Crippen molar-refractivity contribution in [1.82, 2.24) is 15.2 Å². The quantitative estimate of drug-likeness (QED) is 0.473. The summed E-state index contributed by atoms with van der Waals surface area (Å²) < 4.78 is 80.6. The van der Waals surface area contributed by atoms with E-state index in [1.165, 1.54) is 25.3 Å². The molecular formula is C27H30F6N4OS. The lowest BCUT2D eigenvalue weighted by molar-refractivity contribution is -0.152. The fourth-order valence-electron chi connectivity index (χ4n) is 7.60. The van der Waals surface area contributed by atoms with Gasteiger partial charge in [0.15, 0.2) is 0 Å². The van der Waals surface area contributed by atoms with Crippen LogP contribution in [0.1, 0.15) is 49.0 Å². The van der Waals surface area contributed by atoms with Gasteiger partial charge in [0.2, 0.25) is 5.91 Å². The molecule has 4 atom stereocenters. The molecule has 1 amide bonds. The second-order valence-corrected chi connectivity index (χ2v) is 13.7. The third-order valence-electron chi connectivity index (χ3n) is 9.48. The Hall–Kier alpha value is -2.08. The molecule has 212 valence electrons. The molecule has 4 unspecified atom stereocenters. The van der Waals surface area contributed by atoms with Crippen LogP contribution in [0.4, 0.5) is 32.0 Å². The molecule has 8 rings (SSSR count). The van der Waals surface area contributed by atoms with Crippen molar-refractivity contribution in [3.8, 4) is 0 Å². The number of anilines is 1. The summed E-state index contributed by atoms with van der Waals surface area (Å²) in [5, 5.41) is 3.74. The number of pyridine rings is 1. The topological polar surface area (TPSA) is 48.5 Å². The maximum Gasteiger partial charge on any atom is 0.419 e. The molecule has 4 saturated heterocycles. The molecule has 6 aliphatic rings. The van der Waals surface area contributed by atoms with Crippen LogP contribution >= 0.6 is 11.3 Å². The molecule has 1 spiro atoms. The van der Waals surface area contributed by atoms with E-state index < -0.39 is 24.3 Å². The summed E-state index contributed by atoms with van der Waals surface area (Å²) in [4.78, 5) is 20.8. The summed E-state index contributed by atoms with van der Waals surface area (Å²) in [6, 6.07) is 1.44. The first-order chi connectivity index (χ1) is 18.4. The largest absolute Gasteiger partial charge is 0.419 e. The summed E-state index contributed by atoms with van der Waals surface area (Å²) in [5.41, 5.74) is -1.31. The summed E-state index contributed by atoms with van der Waals surface area (Å²) >= 11 is 0.777. The van der Waals surface area contributed by atoms with E-state index in [9.17, 15) is 31.1 Å². The van der Waals surface area contributed by atoms with Crippen LogP contribution in [0.25, 0.3) is 10.2 Å². The molecule has 6 fully saturated rings. The number of piperidine rings is 2. The molecule has 39 heavy (non-hydrogen) atoms. The maximum atomic E-state index is 13.9. The number of carbonyl (C=O) groups excluding carboxylic acids is 1. The van der Waals surface area contributed by atoms with Gasteiger partial charge in [-0.1, -0.05) is 12.8 Å². The van der Waals surface area contributed by atoms with Gasteiger partial charge in [-0.3, -0.25) is 4.79 Å².